The summed E-state index contributed by atoms with van der Waals surface area (Å²) < 4.78 is 1.12. The molecule has 1 N–H and O–H groups in total. The largest absolute Gasteiger partial charge is 0.354 e. The number of halogens is 1. The summed E-state index contributed by atoms with van der Waals surface area (Å²) in [5, 5.41) is 3.52. The molecule has 1 unspecified atom stereocenters. The molecule has 1 aromatic heterocycles. The third-order valence-electron chi connectivity index (χ3n) is 2.93. The predicted molar refractivity (Wildman–Crippen MR) is 73.7 cm³/mol. The number of rotatable bonds is 4. The van der Waals surface area contributed by atoms with E-state index in [4.69, 9.17) is 0 Å². The van der Waals surface area contributed by atoms with Crippen molar-refractivity contribution in [3.8, 4) is 0 Å². The normalized spacial score (nSPS) is 20.0. The first-order valence-electron chi connectivity index (χ1n) is 5.75. The molecule has 1 fully saturated rings. The second kappa shape index (κ2) is 5.77. The van der Waals surface area contributed by atoms with Crippen LogP contribution in [-0.2, 0) is 0 Å². The van der Waals surface area contributed by atoms with Crippen molar-refractivity contribution in [2.45, 2.75) is 25.8 Å². The maximum atomic E-state index is 4.37. The Morgan fingerprint density at radius 2 is 2.50 bits per heavy atom. The summed E-state index contributed by atoms with van der Waals surface area (Å²) in [4.78, 5) is 10.7. The third kappa shape index (κ3) is 2.82. The Bertz CT molecular complexity index is 339. The first-order valence-corrected chi connectivity index (χ1v) is 6.83. The summed E-state index contributed by atoms with van der Waals surface area (Å²) in [6.45, 7) is 5.37. The highest BCUT2D eigenvalue weighted by Gasteiger charge is 2.19. The summed E-state index contributed by atoms with van der Waals surface area (Å²) in [7, 11) is 0. The summed E-state index contributed by atoms with van der Waals surface area (Å²) in [5.74, 6) is 1.06. The molecular formula is C11H17IN4. The fraction of sp³-hybridized carbons (Fsp3) is 0.636. The fourth-order valence-electron chi connectivity index (χ4n) is 2.08. The van der Waals surface area contributed by atoms with Crippen molar-refractivity contribution < 1.29 is 0 Å². The molecule has 2 heterocycles. The maximum Gasteiger partial charge on any atom is 0.145 e. The Balaban J connectivity index is 2.06. The minimum absolute atomic E-state index is 0.616. The molecule has 16 heavy (non-hydrogen) atoms. The van der Waals surface area contributed by atoms with Crippen LogP contribution in [0.4, 0.5) is 5.82 Å². The molecule has 88 valence electrons. The molecule has 0 saturated carbocycles. The van der Waals surface area contributed by atoms with Crippen molar-refractivity contribution >= 4 is 28.4 Å². The van der Waals surface area contributed by atoms with Crippen LogP contribution in [-0.4, -0.2) is 35.6 Å². The first-order chi connectivity index (χ1) is 7.81. The topological polar surface area (TPSA) is 41.0 Å². The average Bonchev–Trinajstić information content (AvgIpc) is 2.80. The molecule has 2 rings (SSSR count). The van der Waals surface area contributed by atoms with Gasteiger partial charge in [0.1, 0.15) is 12.1 Å². The molecule has 1 saturated heterocycles. The van der Waals surface area contributed by atoms with Gasteiger partial charge in [-0.25, -0.2) is 9.97 Å². The second-order valence-electron chi connectivity index (χ2n) is 4.03. The molecule has 1 aliphatic heterocycles. The molecule has 1 aromatic rings. The van der Waals surface area contributed by atoms with Gasteiger partial charge in [0.2, 0.25) is 0 Å². The van der Waals surface area contributed by atoms with Gasteiger partial charge in [-0.2, -0.15) is 0 Å². The van der Waals surface area contributed by atoms with E-state index in [1.54, 1.807) is 6.33 Å². The van der Waals surface area contributed by atoms with E-state index in [9.17, 15) is 0 Å². The van der Waals surface area contributed by atoms with E-state index < -0.39 is 0 Å². The highest BCUT2D eigenvalue weighted by atomic mass is 127. The van der Waals surface area contributed by atoms with Crippen molar-refractivity contribution in [2.24, 2.45) is 0 Å². The van der Waals surface area contributed by atoms with Crippen LogP contribution in [0.1, 0.15) is 19.8 Å². The Labute approximate surface area is 110 Å². The first kappa shape index (κ1) is 12.0. The lowest BCUT2D eigenvalue weighted by atomic mass is 10.2. The molecule has 0 amide bonds. The van der Waals surface area contributed by atoms with E-state index in [-0.39, 0.29) is 0 Å². The van der Waals surface area contributed by atoms with Gasteiger partial charge in [-0.05, 0) is 48.9 Å². The van der Waals surface area contributed by atoms with E-state index in [2.05, 4.69) is 49.7 Å². The van der Waals surface area contributed by atoms with Gasteiger partial charge in [0.05, 0.1) is 3.57 Å². The zero-order valence-electron chi connectivity index (χ0n) is 9.49. The number of anilines is 1. The van der Waals surface area contributed by atoms with Crippen LogP contribution in [0.2, 0.25) is 0 Å². The fourth-order valence-corrected chi connectivity index (χ4v) is 2.72. The molecule has 4 nitrogen and oxygen atoms in total. The van der Waals surface area contributed by atoms with Crippen molar-refractivity contribution in [2.75, 3.05) is 24.5 Å². The molecular weight excluding hydrogens is 315 g/mol. The van der Waals surface area contributed by atoms with Crippen LogP contribution in [0.5, 0.6) is 0 Å². The lowest BCUT2D eigenvalue weighted by Gasteiger charge is -2.26. The Kier molecular flexibility index (Phi) is 4.34. The Hall–Kier alpha value is -0.430. The number of hydrogen-bond acceptors (Lipinski definition) is 4. The summed E-state index contributed by atoms with van der Waals surface area (Å²) in [5.41, 5.74) is 0. The van der Waals surface area contributed by atoms with Gasteiger partial charge in [0.15, 0.2) is 0 Å². The van der Waals surface area contributed by atoms with Gasteiger partial charge in [-0.1, -0.05) is 0 Å². The molecule has 1 aliphatic rings. The quantitative estimate of drug-likeness (QED) is 0.852. The smallest absolute Gasteiger partial charge is 0.145 e. The zero-order chi connectivity index (χ0) is 11.4. The molecule has 1 atom stereocenters. The van der Waals surface area contributed by atoms with Gasteiger partial charge in [0.25, 0.3) is 0 Å². The number of aromatic nitrogens is 2. The van der Waals surface area contributed by atoms with Gasteiger partial charge in [-0.15, -0.1) is 0 Å². The lowest BCUT2D eigenvalue weighted by Crippen LogP contribution is -2.38. The molecule has 0 spiro atoms. The van der Waals surface area contributed by atoms with Gasteiger partial charge >= 0.3 is 0 Å². The van der Waals surface area contributed by atoms with E-state index in [0.717, 1.165) is 29.0 Å². The molecule has 0 bridgehead atoms. The van der Waals surface area contributed by atoms with Crippen LogP contribution in [0.25, 0.3) is 0 Å². The number of nitrogens with one attached hydrogen (secondary N) is 1. The van der Waals surface area contributed by atoms with Crippen molar-refractivity contribution in [1.82, 2.24) is 15.3 Å². The summed E-state index contributed by atoms with van der Waals surface area (Å²) >= 11 is 2.30. The number of hydrogen-bond donors (Lipinski definition) is 1. The van der Waals surface area contributed by atoms with Crippen LogP contribution < -0.4 is 10.2 Å². The average molecular weight is 332 g/mol. The van der Waals surface area contributed by atoms with E-state index in [1.807, 2.05) is 6.20 Å². The van der Waals surface area contributed by atoms with E-state index >= 15 is 0 Å². The second-order valence-corrected chi connectivity index (χ2v) is 5.19. The zero-order valence-corrected chi connectivity index (χ0v) is 11.6. The minimum Gasteiger partial charge on any atom is -0.354 e. The van der Waals surface area contributed by atoms with Crippen LogP contribution >= 0.6 is 22.6 Å². The molecule has 0 radical (unpaired) electrons. The maximum absolute atomic E-state index is 4.37. The SMILES string of the molecule is CCN(CC1CCCN1)c1ncncc1I. The number of nitrogens with zero attached hydrogens (tertiary/aromatic N) is 3. The number of likely N-dealkylation sites (N-methyl/N-ethyl adjacent to an activating group) is 1. The molecule has 0 aliphatic carbocycles. The Morgan fingerprint density at radius 3 is 3.12 bits per heavy atom. The van der Waals surface area contributed by atoms with Crippen molar-refractivity contribution in [1.29, 1.82) is 0 Å². The van der Waals surface area contributed by atoms with Crippen molar-refractivity contribution in [3.05, 3.63) is 16.1 Å². The monoisotopic (exact) mass is 332 g/mol. The van der Waals surface area contributed by atoms with Gasteiger partial charge in [0, 0.05) is 25.3 Å². The van der Waals surface area contributed by atoms with Crippen LogP contribution in [0.15, 0.2) is 12.5 Å². The van der Waals surface area contributed by atoms with E-state index in [0.29, 0.717) is 6.04 Å². The van der Waals surface area contributed by atoms with Crippen LogP contribution in [0, 0.1) is 3.57 Å². The lowest BCUT2D eigenvalue weighted by molar-refractivity contribution is 0.583. The standard InChI is InChI=1S/C11H17IN4/c1-2-16(7-9-4-3-5-14-9)11-10(12)6-13-8-15-11/h6,8-9,14H,2-5,7H2,1H3. The van der Waals surface area contributed by atoms with Gasteiger partial charge < -0.3 is 10.2 Å². The molecule has 0 aromatic carbocycles. The van der Waals surface area contributed by atoms with Crippen LogP contribution in [0.3, 0.4) is 0 Å². The van der Waals surface area contributed by atoms with Crippen molar-refractivity contribution in [3.63, 3.8) is 0 Å². The summed E-state index contributed by atoms with van der Waals surface area (Å²) in [6.07, 6.45) is 6.07. The third-order valence-corrected chi connectivity index (χ3v) is 3.69. The summed E-state index contributed by atoms with van der Waals surface area (Å²) in [6, 6.07) is 0.616. The minimum atomic E-state index is 0.616. The highest BCUT2D eigenvalue weighted by molar-refractivity contribution is 14.1. The Morgan fingerprint density at radius 1 is 1.62 bits per heavy atom. The highest BCUT2D eigenvalue weighted by Crippen LogP contribution is 2.19. The van der Waals surface area contributed by atoms with Gasteiger partial charge in [-0.3, -0.25) is 0 Å². The van der Waals surface area contributed by atoms with E-state index in [1.165, 1.54) is 12.8 Å². The predicted octanol–water partition coefficient (Wildman–Crippen LogP) is 1.66. The molecule has 5 heteroatoms.